The van der Waals surface area contributed by atoms with Gasteiger partial charge in [0.25, 0.3) is 0 Å². The van der Waals surface area contributed by atoms with Gasteiger partial charge in [0.1, 0.15) is 44.0 Å². The summed E-state index contributed by atoms with van der Waals surface area (Å²) in [6.07, 6.45) is 1.75. The molecule has 11 heteroatoms. The maximum absolute atomic E-state index is 11.9. The van der Waals surface area contributed by atoms with Gasteiger partial charge in [0.05, 0.1) is 16.7 Å². The molecule has 244 valence electrons. The summed E-state index contributed by atoms with van der Waals surface area (Å²) in [5.74, 6) is 1.52. The molecule has 4 aromatic rings. The molecule has 0 amide bonds. The topological polar surface area (TPSA) is 127 Å². The molecule has 1 aliphatic heterocycles. The molecule has 1 unspecified atom stereocenters. The number of ether oxygens (including phenoxy) is 4. The van der Waals surface area contributed by atoms with Crippen LogP contribution in [0.4, 0.5) is 0 Å². The van der Waals surface area contributed by atoms with Crippen LogP contribution in [0, 0.1) is 18.3 Å². The Morgan fingerprint density at radius 1 is 1.00 bits per heavy atom. The van der Waals surface area contributed by atoms with E-state index in [2.05, 4.69) is 17.5 Å². The Bertz CT molecular complexity index is 1820. The van der Waals surface area contributed by atoms with E-state index in [4.69, 9.17) is 30.5 Å². The highest BCUT2D eigenvalue weighted by atomic mass is 35.5. The van der Waals surface area contributed by atoms with Crippen molar-refractivity contribution in [1.82, 2.24) is 5.32 Å². The lowest BCUT2D eigenvalue weighted by Crippen LogP contribution is -2.37. The van der Waals surface area contributed by atoms with Gasteiger partial charge < -0.3 is 29.4 Å². The SMILES string of the molecule is Cc1c(COc2cc(OCc3cccc(C#N)c3)c(CN[C@@H](CCS(C)=O)C(=O)O)cc2Cl)cccc1-c1ccc2c(c1)OCCO2. The molecular formula is C36H35ClN2O7S. The summed E-state index contributed by atoms with van der Waals surface area (Å²) in [4.78, 5) is 11.9. The van der Waals surface area contributed by atoms with E-state index in [1.165, 1.54) is 0 Å². The molecular weight excluding hydrogens is 640 g/mol. The Balaban J connectivity index is 1.37. The molecule has 0 saturated heterocycles. The predicted molar refractivity (Wildman–Crippen MR) is 181 cm³/mol. The Morgan fingerprint density at radius 2 is 1.77 bits per heavy atom. The molecule has 47 heavy (non-hydrogen) atoms. The van der Waals surface area contributed by atoms with Crippen LogP contribution in [0.25, 0.3) is 11.1 Å². The largest absolute Gasteiger partial charge is 0.488 e. The molecule has 0 spiro atoms. The molecule has 5 rings (SSSR count). The van der Waals surface area contributed by atoms with Crippen LogP contribution in [0.5, 0.6) is 23.0 Å². The summed E-state index contributed by atoms with van der Waals surface area (Å²) >= 11 is 6.71. The molecule has 2 N–H and O–H groups in total. The van der Waals surface area contributed by atoms with E-state index in [0.29, 0.717) is 40.9 Å². The minimum atomic E-state index is -1.12. The van der Waals surface area contributed by atoms with E-state index in [1.54, 1.807) is 36.6 Å². The van der Waals surface area contributed by atoms with Crippen LogP contribution < -0.4 is 24.3 Å². The third kappa shape index (κ3) is 8.83. The maximum atomic E-state index is 11.9. The second-order valence-corrected chi connectivity index (χ2v) is 13.0. The number of nitriles is 1. The van der Waals surface area contributed by atoms with Crippen molar-refractivity contribution in [2.45, 2.75) is 39.1 Å². The number of carboxylic acid groups (broad SMARTS) is 1. The highest BCUT2D eigenvalue weighted by Crippen LogP contribution is 2.37. The van der Waals surface area contributed by atoms with Crippen molar-refractivity contribution in [2.24, 2.45) is 0 Å². The highest BCUT2D eigenvalue weighted by Gasteiger charge is 2.20. The fourth-order valence-corrected chi connectivity index (χ4v) is 6.01. The molecule has 0 fully saturated rings. The molecule has 0 radical (unpaired) electrons. The van der Waals surface area contributed by atoms with Crippen LogP contribution in [0.15, 0.2) is 72.8 Å². The maximum Gasteiger partial charge on any atom is 0.320 e. The highest BCUT2D eigenvalue weighted by molar-refractivity contribution is 7.84. The van der Waals surface area contributed by atoms with Gasteiger partial charge in [-0.25, -0.2) is 0 Å². The fraction of sp³-hybridized carbons (Fsp3) is 0.278. The van der Waals surface area contributed by atoms with E-state index < -0.39 is 22.8 Å². The summed E-state index contributed by atoms with van der Waals surface area (Å²) in [6, 6.07) is 23.7. The molecule has 4 aromatic carbocycles. The first-order chi connectivity index (χ1) is 22.7. The smallest absolute Gasteiger partial charge is 0.320 e. The number of carbonyl (C=O) groups is 1. The zero-order valence-electron chi connectivity index (χ0n) is 26.1. The van der Waals surface area contributed by atoms with Gasteiger partial charge in [0, 0.05) is 41.0 Å². The first-order valence-electron chi connectivity index (χ1n) is 15.0. The van der Waals surface area contributed by atoms with Gasteiger partial charge in [0.15, 0.2) is 11.5 Å². The lowest BCUT2D eigenvalue weighted by atomic mass is 9.96. The van der Waals surface area contributed by atoms with Crippen LogP contribution in [-0.4, -0.2) is 46.5 Å². The Hall–Kier alpha value is -4.56. The third-order valence-corrected chi connectivity index (χ3v) is 8.88. The Kier molecular flexibility index (Phi) is 11.4. The van der Waals surface area contributed by atoms with Gasteiger partial charge >= 0.3 is 5.97 Å². The zero-order valence-corrected chi connectivity index (χ0v) is 27.7. The second kappa shape index (κ2) is 15.8. The number of carboxylic acids is 1. The van der Waals surface area contributed by atoms with Crippen LogP contribution >= 0.6 is 11.6 Å². The molecule has 0 aliphatic carbocycles. The number of benzene rings is 4. The number of rotatable bonds is 14. The van der Waals surface area contributed by atoms with Gasteiger partial charge in [-0.3, -0.25) is 9.00 Å². The van der Waals surface area contributed by atoms with Gasteiger partial charge in [-0.1, -0.05) is 48.0 Å². The number of aliphatic carboxylic acids is 1. The Labute approximate surface area is 281 Å². The number of hydrogen-bond acceptors (Lipinski definition) is 8. The van der Waals surface area contributed by atoms with Gasteiger partial charge in [0.2, 0.25) is 0 Å². The Morgan fingerprint density at radius 3 is 2.53 bits per heavy atom. The van der Waals surface area contributed by atoms with Crippen LogP contribution in [-0.2, 0) is 35.4 Å². The quantitative estimate of drug-likeness (QED) is 0.156. The lowest BCUT2D eigenvalue weighted by Gasteiger charge is -2.20. The average Bonchev–Trinajstić information content (AvgIpc) is 3.07. The normalized spacial score (nSPS) is 13.3. The fourth-order valence-electron chi connectivity index (χ4n) is 5.20. The summed E-state index contributed by atoms with van der Waals surface area (Å²) < 4.78 is 35.5. The number of halogens is 1. The van der Waals surface area contributed by atoms with Crippen molar-refractivity contribution in [3.8, 4) is 40.2 Å². The lowest BCUT2D eigenvalue weighted by molar-refractivity contribution is -0.139. The van der Waals surface area contributed by atoms with Crippen molar-refractivity contribution in [3.05, 3.63) is 106 Å². The van der Waals surface area contributed by atoms with E-state index in [0.717, 1.165) is 39.3 Å². The van der Waals surface area contributed by atoms with E-state index in [1.807, 2.05) is 43.3 Å². The van der Waals surface area contributed by atoms with Crippen molar-refractivity contribution >= 4 is 28.4 Å². The van der Waals surface area contributed by atoms with Crippen molar-refractivity contribution in [1.29, 1.82) is 5.26 Å². The molecule has 0 saturated carbocycles. The monoisotopic (exact) mass is 674 g/mol. The molecule has 2 atom stereocenters. The summed E-state index contributed by atoms with van der Waals surface area (Å²) in [5.41, 5.74) is 5.98. The minimum Gasteiger partial charge on any atom is -0.488 e. The second-order valence-electron chi connectivity index (χ2n) is 11.1. The van der Waals surface area contributed by atoms with Gasteiger partial charge in [-0.15, -0.1) is 0 Å². The van der Waals surface area contributed by atoms with Crippen LogP contribution in [0.1, 0.15) is 34.2 Å². The van der Waals surface area contributed by atoms with Gasteiger partial charge in [-0.2, -0.15) is 5.26 Å². The minimum absolute atomic E-state index is 0.136. The van der Waals surface area contributed by atoms with Crippen LogP contribution in [0.3, 0.4) is 0 Å². The van der Waals surface area contributed by atoms with Crippen molar-refractivity contribution in [2.75, 3.05) is 25.2 Å². The first kappa shape index (κ1) is 33.8. The number of fused-ring (bicyclic) bond motifs is 1. The van der Waals surface area contributed by atoms with Gasteiger partial charge in [-0.05, 0) is 71.5 Å². The van der Waals surface area contributed by atoms with Crippen LogP contribution in [0.2, 0.25) is 5.02 Å². The average molecular weight is 675 g/mol. The van der Waals surface area contributed by atoms with E-state index >= 15 is 0 Å². The summed E-state index contributed by atoms with van der Waals surface area (Å²) in [6.45, 7) is 3.62. The third-order valence-electron chi connectivity index (χ3n) is 7.78. The van der Waals surface area contributed by atoms with E-state index in [-0.39, 0.29) is 31.9 Å². The van der Waals surface area contributed by atoms with Crippen molar-refractivity contribution in [3.63, 3.8) is 0 Å². The number of nitrogens with zero attached hydrogens (tertiary/aromatic N) is 1. The number of nitrogens with one attached hydrogen (secondary N) is 1. The molecule has 0 bridgehead atoms. The molecule has 1 heterocycles. The summed E-state index contributed by atoms with van der Waals surface area (Å²) in [7, 11) is -1.12. The number of hydrogen-bond donors (Lipinski definition) is 2. The zero-order chi connectivity index (χ0) is 33.3. The first-order valence-corrected chi connectivity index (χ1v) is 17.1. The molecule has 1 aliphatic rings. The standard InChI is InChI=1S/C36H35ClN2O7S/c1-23-27(7-4-8-29(23)26-9-10-32-35(17-26)44-13-12-43-32)22-46-34-18-33(45-21-25-6-3-5-24(15-25)19-38)28(16-30(34)37)20-39-31(36(40)41)11-14-47(2)42/h3-10,15-18,31,39H,11-14,20-22H2,1-2H3,(H,40,41)/t31-,47?/m0/s1. The van der Waals surface area contributed by atoms with Crippen molar-refractivity contribution < 1.29 is 33.1 Å². The molecule has 0 aromatic heterocycles. The predicted octanol–water partition coefficient (Wildman–Crippen LogP) is 6.43. The van der Waals surface area contributed by atoms with E-state index in [9.17, 15) is 19.4 Å². The summed E-state index contributed by atoms with van der Waals surface area (Å²) in [5, 5.41) is 22.4. The molecule has 9 nitrogen and oxygen atoms in total.